The molecule has 1 aliphatic carbocycles. The zero-order valence-electron chi connectivity index (χ0n) is 11.0. The maximum Gasteiger partial charge on any atom is 0.181 e. The number of carbonyl (C=O) groups excluding carboxylic acids is 1. The molecule has 3 rings (SSSR count). The molecule has 1 heterocycles. The smallest absolute Gasteiger partial charge is 0.181 e. The number of rotatable bonds is 1. The Bertz CT molecular complexity index is 675. The van der Waals surface area contributed by atoms with E-state index in [-0.39, 0.29) is 17.1 Å². The molecular formula is C16H15NOS. The van der Waals surface area contributed by atoms with Gasteiger partial charge in [-0.15, -0.1) is 11.3 Å². The molecule has 1 unspecified atom stereocenters. The summed E-state index contributed by atoms with van der Waals surface area (Å²) >= 11 is 1.65. The number of fused-ring (bicyclic) bond motifs is 1. The monoisotopic (exact) mass is 269 g/mol. The van der Waals surface area contributed by atoms with E-state index in [1.54, 1.807) is 17.4 Å². The predicted octanol–water partition coefficient (Wildman–Crippen LogP) is 4.10. The van der Waals surface area contributed by atoms with Gasteiger partial charge in [-0.2, -0.15) is 0 Å². The van der Waals surface area contributed by atoms with Gasteiger partial charge >= 0.3 is 0 Å². The minimum absolute atomic E-state index is 0.0172. The topological polar surface area (TPSA) is 30.0 Å². The Kier molecular flexibility index (Phi) is 2.68. The summed E-state index contributed by atoms with van der Waals surface area (Å²) < 4.78 is 1.16. The molecule has 0 spiro atoms. The largest absolute Gasteiger partial charge is 0.290 e. The Labute approximate surface area is 116 Å². The second-order valence-electron chi connectivity index (χ2n) is 5.50. The van der Waals surface area contributed by atoms with Crippen LogP contribution in [0.3, 0.4) is 0 Å². The Balaban J connectivity index is 2.16. The number of hydrogen-bond acceptors (Lipinski definition) is 3. The van der Waals surface area contributed by atoms with Gasteiger partial charge in [-0.25, -0.2) is 4.98 Å². The summed E-state index contributed by atoms with van der Waals surface area (Å²) in [6.07, 6.45) is 3.60. The summed E-state index contributed by atoms with van der Waals surface area (Å²) in [7, 11) is 0. The molecule has 0 amide bonds. The molecule has 0 radical (unpaired) electrons. The van der Waals surface area contributed by atoms with Gasteiger partial charge < -0.3 is 0 Å². The molecule has 0 aliphatic heterocycles. The number of carbonyl (C=O) groups is 1. The Morgan fingerprint density at radius 1 is 1.32 bits per heavy atom. The van der Waals surface area contributed by atoms with Crippen LogP contribution in [0.1, 0.15) is 24.8 Å². The highest BCUT2D eigenvalue weighted by molar-refractivity contribution is 7.18. The van der Waals surface area contributed by atoms with Crippen molar-refractivity contribution < 1.29 is 4.79 Å². The molecule has 0 bridgehead atoms. The molecular weight excluding hydrogens is 254 g/mol. The summed E-state index contributed by atoms with van der Waals surface area (Å²) in [5, 5.41) is 0.980. The zero-order chi connectivity index (χ0) is 13.6. The maximum atomic E-state index is 11.9. The number of ketones is 1. The quantitative estimate of drug-likeness (QED) is 0.729. The van der Waals surface area contributed by atoms with E-state index in [4.69, 9.17) is 0 Å². The lowest BCUT2D eigenvalue weighted by Gasteiger charge is -2.33. The fraction of sp³-hybridized carbons (Fsp3) is 0.250. The van der Waals surface area contributed by atoms with Crippen LogP contribution < -0.4 is 0 Å². The van der Waals surface area contributed by atoms with Gasteiger partial charge in [0.15, 0.2) is 5.78 Å². The van der Waals surface area contributed by atoms with Crippen LogP contribution in [0, 0.1) is 5.41 Å². The van der Waals surface area contributed by atoms with Crippen molar-refractivity contribution >= 4 is 27.3 Å². The average Bonchev–Trinajstić information content (AvgIpc) is 2.77. The van der Waals surface area contributed by atoms with Crippen LogP contribution in [0.4, 0.5) is 0 Å². The average molecular weight is 269 g/mol. The number of allylic oxidation sites excluding steroid dienone is 3. The van der Waals surface area contributed by atoms with Crippen LogP contribution in [-0.4, -0.2) is 10.8 Å². The van der Waals surface area contributed by atoms with Gasteiger partial charge in [0.25, 0.3) is 0 Å². The molecule has 0 saturated heterocycles. The number of thiazole rings is 1. The van der Waals surface area contributed by atoms with Crippen LogP contribution in [0.5, 0.6) is 0 Å². The van der Waals surface area contributed by atoms with E-state index in [1.807, 2.05) is 24.3 Å². The SMILES string of the molecule is C=C1C(=O)C=CC(C)(C)C1c1nc2ccccc2s1. The zero-order valence-corrected chi connectivity index (χ0v) is 11.8. The number of benzene rings is 1. The Morgan fingerprint density at radius 2 is 2.05 bits per heavy atom. The van der Waals surface area contributed by atoms with Gasteiger partial charge in [0.2, 0.25) is 0 Å². The number of para-hydroxylation sites is 1. The molecule has 2 nitrogen and oxygen atoms in total. The molecule has 0 saturated carbocycles. The Morgan fingerprint density at radius 3 is 2.79 bits per heavy atom. The van der Waals surface area contributed by atoms with E-state index in [0.29, 0.717) is 5.57 Å². The Hall–Kier alpha value is -1.74. The molecule has 96 valence electrons. The highest BCUT2D eigenvalue weighted by Crippen LogP contribution is 2.46. The minimum Gasteiger partial charge on any atom is -0.290 e. The van der Waals surface area contributed by atoms with Crippen molar-refractivity contribution in [2.24, 2.45) is 5.41 Å². The van der Waals surface area contributed by atoms with E-state index < -0.39 is 0 Å². The first-order chi connectivity index (χ1) is 8.99. The summed E-state index contributed by atoms with van der Waals surface area (Å²) in [6.45, 7) is 8.23. The standard InChI is InChI=1S/C16H15NOS/c1-10-12(18)8-9-16(2,3)14(10)15-17-11-6-4-5-7-13(11)19-15/h4-9,14H,1H2,2-3H3. The number of aromatic nitrogens is 1. The third-order valence-electron chi connectivity index (χ3n) is 3.63. The molecule has 1 aliphatic rings. The normalized spacial score (nSPS) is 22.1. The molecule has 1 aromatic heterocycles. The van der Waals surface area contributed by atoms with E-state index >= 15 is 0 Å². The fourth-order valence-corrected chi connectivity index (χ4v) is 3.86. The van der Waals surface area contributed by atoms with Crippen LogP contribution in [-0.2, 0) is 4.79 Å². The lowest BCUT2D eigenvalue weighted by Crippen LogP contribution is -2.28. The van der Waals surface area contributed by atoms with Gasteiger partial charge in [-0.05, 0) is 23.6 Å². The molecule has 1 atom stereocenters. The van der Waals surface area contributed by atoms with Gasteiger partial charge in [-0.3, -0.25) is 4.79 Å². The van der Waals surface area contributed by atoms with E-state index in [2.05, 4.69) is 31.5 Å². The van der Waals surface area contributed by atoms with Crippen molar-refractivity contribution in [3.8, 4) is 0 Å². The van der Waals surface area contributed by atoms with Crippen molar-refractivity contribution in [2.45, 2.75) is 19.8 Å². The number of hydrogen-bond donors (Lipinski definition) is 0. The predicted molar refractivity (Wildman–Crippen MR) is 79.4 cm³/mol. The van der Waals surface area contributed by atoms with Crippen molar-refractivity contribution in [2.75, 3.05) is 0 Å². The van der Waals surface area contributed by atoms with E-state index in [1.165, 1.54) is 0 Å². The maximum absolute atomic E-state index is 11.9. The summed E-state index contributed by atoms with van der Waals surface area (Å²) in [4.78, 5) is 16.6. The molecule has 1 aromatic carbocycles. The second kappa shape index (κ2) is 4.14. The van der Waals surface area contributed by atoms with Crippen molar-refractivity contribution in [3.63, 3.8) is 0 Å². The minimum atomic E-state index is -0.126. The summed E-state index contributed by atoms with van der Waals surface area (Å²) in [6, 6.07) is 8.06. The van der Waals surface area contributed by atoms with Gasteiger partial charge in [0.1, 0.15) is 5.01 Å². The summed E-state index contributed by atoms with van der Waals surface area (Å²) in [5.74, 6) is -0.00835. The first-order valence-corrected chi connectivity index (χ1v) is 7.08. The van der Waals surface area contributed by atoms with Gasteiger partial charge in [0, 0.05) is 11.5 Å². The fourth-order valence-electron chi connectivity index (χ4n) is 2.57. The van der Waals surface area contributed by atoms with Gasteiger partial charge in [0.05, 0.1) is 10.2 Å². The van der Waals surface area contributed by atoms with E-state index in [0.717, 1.165) is 15.2 Å². The van der Waals surface area contributed by atoms with Crippen molar-refractivity contribution in [1.29, 1.82) is 0 Å². The lowest BCUT2D eigenvalue weighted by atomic mass is 9.70. The third-order valence-corrected chi connectivity index (χ3v) is 4.73. The van der Waals surface area contributed by atoms with E-state index in [9.17, 15) is 4.79 Å². The highest BCUT2D eigenvalue weighted by Gasteiger charge is 2.38. The van der Waals surface area contributed by atoms with Crippen LogP contribution in [0.15, 0.2) is 48.6 Å². The highest BCUT2D eigenvalue weighted by atomic mass is 32.1. The summed E-state index contributed by atoms with van der Waals surface area (Å²) in [5.41, 5.74) is 1.51. The van der Waals surface area contributed by atoms with Crippen LogP contribution in [0.25, 0.3) is 10.2 Å². The third kappa shape index (κ3) is 1.94. The first-order valence-electron chi connectivity index (χ1n) is 6.27. The first kappa shape index (κ1) is 12.3. The van der Waals surface area contributed by atoms with Crippen molar-refractivity contribution in [1.82, 2.24) is 4.98 Å². The molecule has 19 heavy (non-hydrogen) atoms. The van der Waals surface area contributed by atoms with Crippen molar-refractivity contribution in [3.05, 3.63) is 53.6 Å². The molecule has 3 heteroatoms. The van der Waals surface area contributed by atoms with Gasteiger partial charge in [-0.1, -0.05) is 38.6 Å². The molecule has 2 aromatic rings. The molecule has 0 N–H and O–H groups in total. The second-order valence-corrected chi connectivity index (χ2v) is 6.56. The van der Waals surface area contributed by atoms with Crippen LogP contribution >= 0.6 is 11.3 Å². The van der Waals surface area contributed by atoms with Crippen LogP contribution in [0.2, 0.25) is 0 Å². The lowest BCUT2D eigenvalue weighted by molar-refractivity contribution is -0.112. The number of nitrogens with zero attached hydrogens (tertiary/aromatic N) is 1. The molecule has 0 fully saturated rings.